The van der Waals surface area contributed by atoms with E-state index in [4.69, 9.17) is 10.5 Å². The molecule has 0 amide bonds. The number of nitrogens with two attached hydrogens (primary N) is 1. The van der Waals surface area contributed by atoms with Crippen molar-refractivity contribution < 1.29 is 4.74 Å². The van der Waals surface area contributed by atoms with Crippen molar-refractivity contribution in [2.75, 3.05) is 7.11 Å². The first kappa shape index (κ1) is 13.6. The third-order valence-corrected chi connectivity index (χ3v) is 5.21. The molecule has 0 radical (unpaired) electrons. The highest BCUT2D eigenvalue weighted by atomic mass is 32.1. The molecule has 1 aliphatic rings. The predicted molar refractivity (Wildman–Crippen MR) is 82.4 cm³/mol. The first-order valence-electron chi connectivity index (χ1n) is 7.15. The largest absolute Gasteiger partial charge is 0.495 e. The maximum atomic E-state index is 6.41. The maximum absolute atomic E-state index is 6.41. The standard InChI is InChI=1S/C16H20N2OS/c1-19-12-7-5-9-18-16(12)15(17)14-10-11-6-3-2-4-8-13(11)20-14/h5,7,9-10,15H,2-4,6,8,17H2,1H3. The molecule has 1 atom stereocenters. The molecule has 2 N–H and O–H groups in total. The van der Waals surface area contributed by atoms with Crippen molar-refractivity contribution in [3.8, 4) is 5.75 Å². The molecule has 0 saturated heterocycles. The predicted octanol–water partition coefficient (Wildman–Crippen LogP) is 3.47. The van der Waals surface area contributed by atoms with Crippen LogP contribution in [0.1, 0.15) is 46.3 Å². The van der Waals surface area contributed by atoms with Gasteiger partial charge in [-0.15, -0.1) is 11.3 Å². The third-order valence-electron chi connectivity index (χ3n) is 3.89. The van der Waals surface area contributed by atoms with Gasteiger partial charge in [0.15, 0.2) is 0 Å². The molecule has 0 fully saturated rings. The van der Waals surface area contributed by atoms with Crippen molar-refractivity contribution in [3.63, 3.8) is 0 Å². The van der Waals surface area contributed by atoms with Gasteiger partial charge in [-0.25, -0.2) is 0 Å². The van der Waals surface area contributed by atoms with Gasteiger partial charge in [0.2, 0.25) is 0 Å². The van der Waals surface area contributed by atoms with E-state index in [0.29, 0.717) is 0 Å². The molecule has 106 valence electrons. The molecule has 0 spiro atoms. The SMILES string of the molecule is COc1cccnc1C(N)c1cc2c(s1)CCCCC2. The molecule has 0 aliphatic heterocycles. The van der Waals surface area contributed by atoms with Gasteiger partial charge in [0, 0.05) is 16.0 Å². The first-order chi connectivity index (χ1) is 9.79. The molecule has 1 unspecified atom stereocenters. The van der Waals surface area contributed by atoms with Crippen LogP contribution in [0.3, 0.4) is 0 Å². The highest BCUT2D eigenvalue weighted by molar-refractivity contribution is 7.12. The lowest BCUT2D eigenvalue weighted by atomic mass is 10.1. The van der Waals surface area contributed by atoms with Gasteiger partial charge in [-0.2, -0.15) is 0 Å². The van der Waals surface area contributed by atoms with Crippen molar-refractivity contribution in [2.45, 2.75) is 38.1 Å². The summed E-state index contributed by atoms with van der Waals surface area (Å²) in [6, 6.07) is 5.88. The van der Waals surface area contributed by atoms with E-state index in [0.717, 1.165) is 11.4 Å². The molecular formula is C16H20N2OS. The topological polar surface area (TPSA) is 48.1 Å². The zero-order chi connectivity index (χ0) is 13.9. The van der Waals surface area contributed by atoms with Gasteiger partial charge in [0.25, 0.3) is 0 Å². The van der Waals surface area contributed by atoms with E-state index in [1.807, 2.05) is 23.5 Å². The Bertz CT molecular complexity index is 570. The van der Waals surface area contributed by atoms with E-state index in [1.165, 1.54) is 47.4 Å². The second kappa shape index (κ2) is 5.94. The van der Waals surface area contributed by atoms with Crippen LogP contribution in [0.4, 0.5) is 0 Å². The van der Waals surface area contributed by atoms with Crippen LogP contribution in [-0.4, -0.2) is 12.1 Å². The van der Waals surface area contributed by atoms with Gasteiger partial charge in [-0.3, -0.25) is 4.98 Å². The Morgan fingerprint density at radius 3 is 3.00 bits per heavy atom. The summed E-state index contributed by atoms with van der Waals surface area (Å²) >= 11 is 1.85. The summed E-state index contributed by atoms with van der Waals surface area (Å²) in [7, 11) is 1.66. The Kier molecular flexibility index (Phi) is 4.03. The van der Waals surface area contributed by atoms with E-state index >= 15 is 0 Å². The molecule has 4 heteroatoms. The van der Waals surface area contributed by atoms with E-state index in [2.05, 4.69) is 11.1 Å². The molecule has 0 saturated carbocycles. The van der Waals surface area contributed by atoms with Crippen LogP contribution in [0.25, 0.3) is 0 Å². The van der Waals surface area contributed by atoms with Crippen molar-refractivity contribution in [2.24, 2.45) is 5.73 Å². The number of hydrogen-bond acceptors (Lipinski definition) is 4. The monoisotopic (exact) mass is 288 g/mol. The number of ether oxygens (including phenoxy) is 1. The number of rotatable bonds is 3. The minimum atomic E-state index is -0.192. The molecule has 0 bridgehead atoms. The van der Waals surface area contributed by atoms with Crippen LogP contribution in [-0.2, 0) is 12.8 Å². The number of aryl methyl sites for hydroxylation is 2. The minimum Gasteiger partial charge on any atom is -0.495 e. The zero-order valence-electron chi connectivity index (χ0n) is 11.8. The fourth-order valence-electron chi connectivity index (χ4n) is 2.79. The van der Waals surface area contributed by atoms with Gasteiger partial charge >= 0.3 is 0 Å². The average molecular weight is 288 g/mol. The second-order valence-electron chi connectivity index (χ2n) is 5.23. The molecule has 0 aromatic carbocycles. The molecule has 20 heavy (non-hydrogen) atoms. The van der Waals surface area contributed by atoms with E-state index in [9.17, 15) is 0 Å². The Hall–Kier alpha value is -1.39. The Balaban J connectivity index is 1.92. The maximum Gasteiger partial charge on any atom is 0.142 e. The lowest BCUT2D eigenvalue weighted by Gasteiger charge is -2.12. The highest BCUT2D eigenvalue weighted by Crippen LogP contribution is 2.35. The van der Waals surface area contributed by atoms with Gasteiger partial charge in [-0.05, 0) is 49.4 Å². The van der Waals surface area contributed by atoms with Crippen LogP contribution in [0, 0.1) is 0 Å². The van der Waals surface area contributed by atoms with Crippen LogP contribution in [0.15, 0.2) is 24.4 Å². The first-order valence-corrected chi connectivity index (χ1v) is 7.97. The Morgan fingerprint density at radius 2 is 2.15 bits per heavy atom. The van der Waals surface area contributed by atoms with Crippen molar-refractivity contribution in [1.82, 2.24) is 4.98 Å². The molecule has 2 heterocycles. The molecular weight excluding hydrogens is 268 g/mol. The number of thiophene rings is 1. The highest BCUT2D eigenvalue weighted by Gasteiger charge is 2.20. The van der Waals surface area contributed by atoms with Gasteiger partial charge in [0.1, 0.15) is 11.4 Å². The summed E-state index contributed by atoms with van der Waals surface area (Å²) in [5.74, 6) is 0.767. The van der Waals surface area contributed by atoms with E-state index in [1.54, 1.807) is 13.3 Å². The van der Waals surface area contributed by atoms with Crippen LogP contribution >= 0.6 is 11.3 Å². The van der Waals surface area contributed by atoms with Crippen LogP contribution in [0.2, 0.25) is 0 Å². The van der Waals surface area contributed by atoms with Crippen molar-refractivity contribution in [3.05, 3.63) is 45.4 Å². The quantitative estimate of drug-likeness (QED) is 0.880. The third kappa shape index (κ3) is 2.58. The fraction of sp³-hybridized carbons (Fsp3) is 0.438. The van der Waals surface area contributed by atoms with Crippen LogP contribution in [0.5, 0.6) is 5.75 Å². The van der Waals surface area contributed by atoms with E-state index in [-0.39, 0.29) is 6.04 Å². The Labute approximate surface area is 123 Å². The second-order valence-corrected chi connectivity index (χ2v) is 6.39. The molecule has 3 nitrogen and oxygen atoms in total. The summed E-state index contributed by atoms with van der Waals surface area (Å²) in [6.07, 6.45) is 8.11. The molecule has 3 rings (SSSR count). The van der Waals surface area contributed by atoms with E-state index < -0.39 is 0 Å². The number of methoxy groups -OCH3 is 1. The lowest BCUT2D eigenvalue weighted by molar-refractivity contribution is 0.405. The summed E-state index contributed by atoms with van der Waals surface area (Å²) in [5.41, 5.74) is 8.73. The number of hydrogen-bond donors (Lipinski definition) is 1. The average Bonchev–Trinajstić information content (AvgIpc) is 2.77. The zero-order valence-corrected chi connectivity index (χ0v) is 12.6. The summed E-state index contributed by atoms with van der Waals surface area (Å²) in [5, 5.41) is 0. The van der Waals surface area contributed by atoms with Gasteiger partial charge < -0.3 is 10.5 Å². The summed E-state index contributed by atoms with van der Waals surface area (Å²) < 4.78 is 5.37. The number of pyridine rings is 1. The molecule has 2 aromatic heterocycles. The van der Waals surface area contributed by atoms with Crippen molar-refractivity contribution >= 4 is 11.3 Å². The molecule has 2 aromatic rings. The normalized spacial score (nSPS) is 16.3. The number of fused-ring (bicyclic) bond motifs is 1. The van der Waals surface area contributed by atoms with Gasteiger partial charge in [0.05, 0.1) is 13.2 Å². The summed E-state index contributed by atoms with van der Waals surface area (Å²) in [4.78, 5) is 7.13. The van der Waals surface area contributed by atoms with Crippen molar-refractivity contribution in [1.29, 1.82) is 0 Å². The Morgan fingerprint density at radius 1 is 1.30 bits per heavy atom. The van der Waals surface area contributed by atoms with Gasteiger partial charge in [-0.1, -0.05) is 6.42 Å². The number of nitrogens with zero attached hydrogens (tertiary/aromatic N) is 1. The smallest absolute Gasteiger partial charge is 0.142 e. The number of aromatic nitrogens is 1. The summed E-state index contributed by atoms with van der Waals surface area (Å²) in [6.45, 7) is 0. The lowest BCUT2D eigenvalue weighted by Crippen LogP contribution is -2.13. The minimum absolute atomic E-state index is 0.192. The molecule has 1 aliphatic carbocycles. The van der Waals surface area contributed by atoms with Crippen LogP contribution < -0.4 is 10.5 Å². The fourth-order valence-corrected chi connectivity index (χ4v) is 4.05.